The van der Waals surface area contributed by atoms with Gasteiger partial charge in [0.25, 0.3) is 0 Å². The first-order chi connectivity index (χ1) is 22.3. The highest BCUT2D eigenvalue weighted by Crippen LogP contribution is 2.28. The second-order valence-electron chi connectivity index (χ2n) is 10.7. The third kappa shape index (κ3) is 13.2. The lowest BCUT2D eigenvalue weighted by atomic mass is 10.0. The Hall–Kier alpha value is 2.12. The van der Waals surface area contributed by atoms with Crippen LogP contribution in [0.25, 0.3) is 0 Å². The van der Waals surface area contributed by atoms with E-state index in [0.717, 1.165) is 0 Å². The van der Waals surface area contributed by atoms with E-state index in [4.69, 9.17) is 59.8 Å². The minimum absolute atomic E-state index is 0.418. The fourth-order valence-corrected chi connectivity index (χ4v) is 6.63. The van der Waals surface area contributed by atoms with Gasteiger partial charge in [-0.1, -0.05) is 90.4 Å². The van der Waals surface area contributed by atoms with E-state index in [2.05, 4.69) is 0 Å². The van der Waals surface area contributed by atoms with Crippen LogP contribution < -0.4 is 0 Å². The Morgan fingerprint density at radius 1 is 0.292 bits per heavy atom. The second-order valence-corrected chi connectivity index (χ2v) is 16.4. The van der Waals surface area contributed by atoms with Crippen LogP contribution in [0.4, 0.5) is 0 Å². The van der Waals surface area contributed by atoms with Gasteiger partial charge in [-0.3, -0.25) is 0 Å². The molecule has 4 fully saturated rings. The average molecular weight is 1160 g/mol. The van der Waals surface area contributed by atoms with Gasteiger partial charge in [0, 0.05) is 0 Å². The SMILES string of the molecule is OCC1OC(O)C(I)C(O)C1O.OCC1OC(O)C(I)C(O)C1O.OCC1OC(O)C(I)C(O)C1O.OCC1OC(O)C(I)C(O)C1O. The number of ether oxygens (including phenoxy) is 4. The van der Waals surface area contributed by atoms with Crippen LogP contribution in [-0.4, -0.2) is 222 Å². The number of hydrogen-bond acceptors (Lipinski definition) is 20. The highest BCUT2D eigenvalue weighted by atomic mass is 127. The summed E-state index contributed by atoms with van der Waals surface area (Å²) in [5, 5.41) is 146. The molecule has 4 saturated heterocycles. The Kier molecular flexibility index (Phi) is 23.2. The zero-order valence-electron chi connectivity index (χ0n) is 24.7. The summed E-state index contributed by atoms with van der Waals surface area (Å²) in [4.78, 5) is 0. The van der Waals surface area contributed by atoms with Crippen molar-refractivity contribution in [2.24, 2.45) is 0 Å². The van der Waals surface area contributed by atoms with Gasteiger partial charge in [-0.15, -0.1) is 0 Å². The first-order valence-corrected chi connectivity index (χ1v) is 19.1. The van der Waals surface area contributed by atoms with Crippen LogP contribution in [0.1, 0.15) is 0 Å². The first-order valence-electron chi connectivity index (χ1n) is 14.1. The summed E-state index contributed by atoms with van der Waals surface area (Å²) in [5.74, 6) is 0. The molecule has 4 aliphatic heterocycles. The van der Waals surface area contributed by atoms with Crippen LogP contribution in [0.3, 0.4) is 0 Å². The minimum Gasteiger partial charge on any atom is -0.394 e. The molecule has 20 nitrogen and oxygen atoms in total. The summed E-state index contributed by atoms with van der Waals surface area (Å²) in [6.45, 7) is -1.67. The lowest BCUT2D eigenvalue weighted by Crippen LogP contribution is -2.56. The van der Waals surface area contributed by atoms with Crippen molar-refractivity contribution in [3.8, 4) is 0 Å². The Bertz CT molecular complexity index is 736. The van der Waals surface area contributed by atoms with Crippen molar-refractivity contribution in [2.75, 3.05) is 26.4 Å². The van der Waals surface area contributed by atoms with Crippen LogP contribution in [0.2, 0.25) is 0 Å². The molecular weight excluding hydrogens is 1120 g/mol. The van der Waals surface area contributed by atoms with E-state index < -0.39 is 141 Å². The maximum absolute atomic E-state index is 9.31. The van der Waals surface area contributed by atoms with Gasteiger partial charge in [-0.05, 0) is 0 Å². The number of aliphatic hydroxyl groups is 16. The normalized spacial score (nSPS) is 49.2. The molecular formula is C24H44I4O20. The van der Waals surface area contributed by atoms with E-state index in [0.29, 0.717) is 0 Å². The second kappa shape index (κ2) is 23.1. The van der Waals surface area contributed by atoms with Gasteiger partial charge in [0.05, 0.1) is 66.5 Å². The molecule has 4 aliphatic rings. The van der Waals surface area contributed by atoms with E-state index >= 15 is 0 Å². The molecule has 0 aromatic rings. The van der Waals surface area contributed by atoms with Crippen molar-refractivity contribution in [1.29, 1.82) is 0 Å². The van der Waals surface area contributed by atoms with Crippen molar-refractivity contribution in [3.05, 3.63) is 0 Å². The summed E-state index contributed by atoms with van der Waals surface area (Å²) >= 11 is 7.13. The van der Waals surface area contributed by atoms with E-state index in [1.165, 1.54) is 0 Å². The molecule has 48 heavy (non-hydrogen) atoms. The molecule has 0 amide bonds. The minimum atomic E-state index is -1.14. The smallest absolute Gasteiger partial charge is 0.169 e. The van der Waals surface area contributed by atoms with Crippen LogP contribution >= 0.6 is 90.4 Å². The van der Waals surface area contributed by atoms with Gasteiger partial charge in [0.15, 0.2) is 25.2 Å². The predicted molar refractivity (Wildman–Crippen MR) is 191 cm³/mol. The molecule has 16 N–H and O–H groups in total. The monoisotopic (exact) mass is 1160 g/mol. The summed E-state index contributed by atoms with van der Waals surface area (Å²) in [5.41, 5.74) is 0. The van der Waals surface area contributed by atoms with Crippen LogP contribution in [0.15, 0.2) is 0 Å². The maximum Gasteiger partial charge on any atom is 0.169 e. The summed E-state index contributed by atoms with van der Waals surface area (Å²) in [6.07, 6.45) is -17.0. The maximum atomic E-state index is 9.31. The van der Waals surface area contributed by atoms with Crippen LogP contribution in [-0.2, 0) is 18.9 Å². The first kappa shape index (κ1) is 48.1. The van der Waals surface area contributed by atoms with Crippen molar-refractivity contribution in [2.45, 2.75) is 114 Å². The molecule has 0 saturated carbocycles. The van der Waals surface area contributed by atoms with Gasteiger partial charge in [0.2, 0.25) is 0 Å². The molecule has 4 heterocycles. The molecule has 0 bridgehead atoms. The Labute approximate surface area is 328 Å². The van der Waals surface area contributed by atoms with Gasteiger partial charge < -0.3 is 101 Å². The number of halogens is 4. The summed E-state index contributed by atoms with van der Waals surface area (Å²) < 4.78 is 17.0. The van der Waals surface area contributed by atoms with E-state index in [1.54, 1.807) is 90.4 Å². The third-order valence-electron chi connectivity index (χ3n) is 7.29. The molecule has 288 valence electrons. The van der Waals surface area contributed by atoms with Gasteiger partial charge in [-0.25, -0.2) is 0 Å². The van der Waals surface area contributed by atoms with Gasteiger partial charge in [0.1, 0.15) is 48.8 Å². The summed E-state index contributed by atoms with van der Waals surface area (Å²) in [7, 11) is 0. The summed E-state index contributed by atoms with van der Waals surface area (Å²) in [6, 6.07) is 0. The molecule has 0 aromatic heterocycles. The fourth-order valence-electron chi connectivity index (χ4n) is 4.25. The number of alkyl halides is 4. The van der Waals surface area contributed by atoms with Crippen molar-refractivity contribution in [3.63, 3.8) is 0 Å². The average Bonchev–Trinajstić information content (AvgIpc) is 3.08. The fraction of sp³-hybridized carbons (Fsp3) is 1.00. The molecule has 20 atom stereocenters. The standard InChI is InChI=1S/4C6H11IO5/c4*7-3-5(10)4(9)2(1-8)12-6(3)11/h4*2-6,8-11H,1H2. The molecule has 0 aliphatic carbocycles. The van der Waals surface area contributed by atoms with Crippen molar-refractivity contribution >= 4 is 90.4 Å². The molecule has 4 rings (SSSR count). The van der Waals surface area contributed by atoms with E-state index in [1.807, 2.05) is 0 Å². The van der Waals surface area contributed by atoms with Crippen LogP contribution in [0, 0.1) is 0 Å². The highest BCUT2D eigenvalue weighted by molar-refractivity contribution is 14.1. The third-order valence-corrected chi connectivity index (χ3v) is 12.7. The molecule has 24 heteroatoms. The van der Waals surface area contributed by atoms with Gasteiger partial charge >= 0.3 is 0 Å². The predicted octanol–water partition coefficient (Wildman–Crippen LogP) is -7.11. The lowest BCUT2D eigenvalue weighted by molar-refractivity contribution is -0.232. The quantitative estimate of drug-likeness (QED) is 0.0919. The van der Waals surface area contributed by atoms with E-state index in [-0.39, 0.29) is 0 Å². The largest absolute Gasteiger partial charge is 0.394 e. The molecule has 0 spiro atoms. The van der Waals surface area contributed by atoms with Crippen LogP contribution in [0.5, 0.6) is 0 Å². The lowest BCUT2D eigenvalue weighted by Gasteiger charge is -2.37. The zero-order chi connectivity index (χ0) is 37.2. The molecule has 0 radical (unpaired) electrons. The number of hydrogen-bond donors (Lipinski definition) is 16. The Morgan fingerprint density at radius 2 is 0.438 bits per heavy atom. The number of rotatable bonds is 4. The van der Waals surface area contributed by atoms with E-state index in [9.17, 15) is 40.9 Å². The molecule has 20 unspecified atom stereocenters. The zero-order valence-corrected chi connectivity index (χ0v) is 33.3. The molecule has 0 aromatic carbocycles. The highest BCUT2D eigenvalue weighted by Gasteiger charge is 2.44. The Balaban J connectivity index is 0.000000320. The number of aliphatic hydroxyl groups excluding tert-OH is 16. The topological polar surface area (TPSA) is 361 Å². The Morgan fingerprint density at radius 3 is 0.562 bits per heavy atom. The van der Waals surface area contributed by atoms with Crippen molar-refractivity contribution in [1.82, 2.24) is 0 Å². The van der Waals surface area contributed by atoms with Gasteiger partial charge in [-0.2, -0.15) is 0 Å². The van der Waals surface area contributed by atoms with Crippen molar-refractivity contribution < 1.29 is 101 Å².